The van der Waals surface area contributed by atoms with Gasteiger partial charge in [-0.2, -0.15) is 0 Å². The van der Waals surface area contributed by atoms with Crippen LogP contribution in [0.3, 0.4) is 0 Å². The molecule has 2 amide bonds. The van der Waals surface area contributed by atoms with E-state index in [1.54, 1.807) is 4.90 Å². The molecule has 0 bridgehead atoms. The third-order valence-electron chi connectivity index (χ3n) is 3.95. The first kappa shape index (κ1) is 16.5. The van der Waals surface area contributed by atoms with E-state index in [4.69, 9.17) is 5.11 Å². The Morgan fingerprint density at radius 1 is 1.32 bits per heavy atom. The molecule has 1 fully saturated rings. The van der Waals surface area contributed by atoms with Gasteiger partial charge in [0, 0.05) is 24.8 Å². The fourth-order valence-corrected chi connectivity index (χ4v) is 2.74. The number of hydrogen-bond acceptors (Lipinski definition) is 3. The zero-order valence-corrected chi connectivity index (χ0v) is 13.2. The molecular formula is C17H24N2O3. The molecule has 1 aromatic rings. The first-order chi connectivity index (χ1) is 10.5. The van der Waals surface area contributed by atoms with E-state index in [1.807, 2.05) is 38.1 Å². The summed E-state index contributed by atoms with van der Waals surface area (Å²) in [6.07, 6.45) is 2.19. The summed E-state index contributed by atoms with van der Waals surface area (Å²) in [6.45, 7) is 4.48. The van der Waals surface area contributed by atoms with Crippen LogP contribution in [-0.4, -0.2) is 41.0 Å². The summed E-state index contributed by atoms with van der Waals surface area (Å²) in [5, 5.41) is 11.8. The van der Waals surface area contributed by atoms with Gasteiger partial charge in [0.15, 0.2) is 0 Å². The van der Waals surface area contributed by atoms with Crippen LogP contribution < -0.4 is 5.32 Å². The molecule has 1 aliphatic rings. The van der Waals surface area contributed by atoms with E-state index in [1.165, 1.54) is 0 Å². The van der Waals surface area contributed by atoms with Gasteiger partial charge in [-0.05, 0) is 37.0 Å². The fourth-order valence-electron chi connectivity index (χ4n) is 2.74. The van der Waals surface area contributed by atoms with Crippen LogP contribution in [0.1, 0.15) is 32.3 Å². The zero-order chi connectivity index (χ0) is 16.1. The Morgan fingerprint density at radius 2 is 2.00 bits per heavy atom. The second-order valence-corrected chi connectivity index (χ2v) is 6.00. The average molecular weight is 304 g/mol. The highest BCUT2D eigenvalue weighted by atomic mass is 16.3. The van der Waals surface area contributed by atoms with Crippen LogP contribution in [0.25, 0.3) is 0 Å². The van der Waals surface area contributed by atoms with Gasteiger partial charge in [-0.15, -0.1) is 0 Å². The maximum atomic E-state index is 12.4. The minimum Gasteiger partial charge on any atom is -0.396 e. The van der Waals surface area contributed by atoms with Crippen LogP contribution >= 0.6 is 0 Å². The predicted octanol–water partition coefficient (Wildman–Crippen LogP) is 1.81. The second kappa shape index (κ2) is 7.40. The summed E-state index contributed by atoms with van der Waals surface area (Å²) >= 11 is 0. The molecule has 120 valence electrons. The summed E-state index contributed by atoms with van der Waals surface area (Å²) in [7, 11) is 0. The molecule has 1 unspecified atom stereocenters. The van der Waals surface area contributed by atoms with E-state index in [0.29, 0.717) is 19.4 Å². The van der Waals surface area contributed by atoms with Crippen molar-refractivity contribution in [2.75, 3.05) is 18.5 Å². The van der Waals surface area contributed by atoms with Crippen LogP contribution in [0.2, 0.25) is 0 Å². The lowest BCUT2D eigenvalue weighted by atomic mass is 10.1. The summed E-state index contributed by atoms with van der Waals surface area (Å²) in [5.41, 5.74) is 1.74. The number of anilines is 1. The van der Waals surface area contributed by atoms with Gasteiger partial charge in [-0.3, -0.25) is 9.59 Å². The lowest BCUT2D eigenvalue weighted by molar-refractivity contribution is -0.139. The number of rotatable bonds is 5. The number of aliphatic hydroxyl groups is 1. The van der Waals surface area contributed by atoms with E-state index in [-0.39, 0.29) is 30.4 Å². The third kappa shape index (κ3) is 3.85. The minimum atomic E-state index is -0.369. The monoisotopic (exact) mass is 304 g/mol. The van der Waals surface area contributed by atoms with Crippen molar-refractivity contribution >= 4 is 17.5 Å². The predicted molar refractivity (Wildman–Crippen MR) is 85.4 cm³/mol. The van der Waals surface area contributed by atoms with Gasteiger partial charge in [0.1, 0.15) is 6.04 Å². The van der Waals surface area contributed by atoms with Crippen LogP contribution in [0.4, 0.5) is 5.69 Å². The Bertz CT molecular complexity index is 525. The number of nitrogens with one attached hydrogen (secondary N) is 1. The van der Waals surface area contributed by atoms with Crippen molar-refractivity contribution in [2.45, 2.75) is 39.2 Å². The standard InChI is InChI=1S/C17H24N2O3/c1-12(2)17(22)19-10-3-4-15(19)16(21)18-14-7-5-13(6-8-14)9-11-20/h5-8,12,15,20H,3-4,9-11H2,1-2H3,(H,18,21). The largest absolute Gasteiger partial charge is 0.396 e. The molecule has 2 N–H and O–H groups in total. The summed E-state index contributed by atoms with van der Waals surface area (Å²) in [4.78, 5) is 26.3. The van der Waals surface area contributed by atoms with Gasteiger partial charge in [0.05, 0.1) is 0 Å². The summed E-state index contributed by atoms with van der Waals surface area (Å²) < 4.78 is 0. The Balaban J connectivity index is 2.00. The molecule has 1 atom stereocenters. The quantitative estimate of drug-likeness (QED) is 0.871. The second-order valence-electron chi connectivity index (χ2n) is 6.00. The first-order valence-electron chi connectivity index (χ1n) is 7.84. The Kier molecular flexibility index (Phi) is 5.55. The third-order valence-corrected chi connectivity index (χ3v) is 3.95. The van der Waals surface area contributed by atoms with Crippen molar-refractivity contribution in [3.05, 3.63) is 29.8 Å². The molecule has 5 nitrogen and oxygen atoms in total. The zero-order valence-electron chi connectivity index (χ0n) is 13.2. The highest BCUT2D eigenvalue weighted by Gasteiger charge is 2.34. The number of amides is 2. The van der Waals surface area contributed by atoms with Crippen molar-refractivity contribution in [3.8, 4) is 0 Å². The van der Waals surface area contributed by atoms with Crippen LogP contribution in [0, 0.1) is 5.92 Å². The Hall–Kier alpha value is -1.88. The molecule has 22 heavy (non-hydrogen) atoms. The Morgan fingerprint density at radius 3 is 2.59 bits per heavy atom. The first-order valence-corrected chi connectivity index (χ1v) is 7.84. The van der Waals surface area contributed by atoms with Gasteiger partial charge >= 0.3 is 0 Å². The van der Waals surface area contributed by atoms with Gasteiger partial charge in [-0.1, -0.05) is 26.0 Å². The SMILES string of the molecule is CC(C)C(=O)N1CCCC1C(=O)Nc1ccc(CCO)cc1. The van der Waals surface area contributed by atoms with Gasteiger partial charge in [-0.25, -0.2) is 0 Å². The van der Waals surface area contributed by atoms with Gasteiger partial charge in [0.25, 0.3) is 0 Å². The van der Waals surface area contributed by atoms with Crippen molar-refractivity contribution < 1.29 is 14.7 Å². The molecule has 1 aromatic carbocycles. The fraction of sp³-hybridized carbons (Fsp3) is 0.529. The summed E-state index contributed by atoms with van der Waals surface area (Å²) in [5.74, 6) is -0.177. The van der Waals surface area contributed by atoms with E-state index < -0.39 is 0 Å². The van der Waals surface area contributed by atoms with E-state index in [9.17, 15) is 9.59 Å². The molecule has 0 radical (unpaired) electrons. The topological polar surface area (TPSA) is 69.6 Å². The number of likely N-dealkylation sites (tertiary alicyclic amines) is 1. The molecule has 1 aliphatic heterocycles. The number of carbonyl (C=O) groups is 2. The van der Waals surface area contributed by atoms with Gasteiger partial charge < -0.3 is 15.3 Å². The number of hydrogen-bond donors (Lipinski definition) is 2. The molecule has 0 aromatic heterocycles. The molecule has 1 saturated heterocycles. The molecule has 1 heterocycles. The molecule has 0 spiro atoms. The lowest BCUT2D eigenvalue weighted by Gasteiger charge is -2.25. The molecule has 0 saturated carbocycles. The minimum absolute atomic E-state index is 0.0379. The maximum absolute atomic E-state index is 12.4. The number of aliphatic hydroxyl groups excluding tert-OH is 1. The smallest absolute Gasteiger partial charge is 0.247 e. The van der Waals surface area contributed by atoms with Gasteiger partial charge in [0.2, 0.25) is 11.8 Å². The molecule has 2 rings (SSSR count). The maximum Gasteiger partial charge on any atom is 0.247 e. The Labute approximate surface area is 131 Å². The lowest BCUT2D eigenvalue weighted by Crippen LogP contribution is -2.44. The van der Waals surface area contributed by atoms with Crippen LogP contribution in [0.15, 0.2) is 24.3 Å². The van der Waals surface area contributed by atoms with Crippen molar-refractivity contribution in [3.63, 3.8) is 0 Å². The van der Waals surface area contributed by atoms with E-state index >= 15 is 0 Å². The van der Waals surface area contributed by atoms with Crippen LogP contribution in [-0.2, 0) is 16.0 Å². The highest BCUT2D eigenvalue weighted by molar-refractivity contribution is 5.97. The summed E-state index contributed by atoms with van der Waals surface area (Å²) in [6, 6.07) is 7.06. The highest BCUT2D eigenvalue weighted by Crippen LogP contribution is 2.21. The number of nitrogens with zero attached hydrogens (tertiary/aromatic N) is 1. The molecule has 0 aliphatic carbocycles. The molecular weight excluding hydrogens is 280 g/mol. The average Bonchev–Trinajstić information content (AvgIpc) is 2.98. The van der Waals surface area contributed by atoms with Crippen molar-refractivity contribution in [2.24, 2.45) is 5.92 Å². The molecule has 5 heteroatoms. The normalized spacial score (nSPS) is 17.8. The van der Waals surface area contributed by atoms with Crippen molar-refractivity contribution in [1.82, 2.24) is 4.90 Å². The van der Waals surface area contributed by atoms with Crippen molar-refractivity contribution in [1.29, 1.82) is 0 Å². The number of benzene rings is 1. The van der Waals surface area contributed by atoms with Crippen LogP contribution in [0.5, 0.6) is 0 Å². The number of carbonyl (C=O) groups excluding carboxylic acids is 2. The van der Waals surface area contributed by atoms with E-state index in [2.05, 4.69) is 5.32 Å². The van der Waals surface area contributed by atoms with E-state index in [0.717, 1.165) is 17.7 Å².